The number of carbonyl (C=O) groups excluding carboxylic acids is 1. The van der Waals surface area contributed by atoms with Crippen molar-refractivity contribution in [3.63, 3.8) is 0 Å². The van der Waals surface area contributed by atoms with Gasteiger partial charge in [-0.3, -0.25) is 9.69 Å². The molecule has 3 aliphatic rings. The molecule has 1 amide bonds. The van der Waals surface area contributed by atoms with Crippen LogP contribution in [0.3, 0.4) is 0 Å². The lowest BCUT2D eigenvalue weighted by atomic mass is 10.00. The van der Waals surface area contributed by atoms with Crippen LogP contribution in [0, 0.1) is 0 Å². The molecule has 2 atom stereocenters. The number of carbonyl (C=O) groups is 1. The number of hydrogen-bond acceptors (Lipinski definition) is 6. The number of anilines is 1. The Kier molecular flexibility index (Phi) is 6.77. The van der Waals surface area contributed by atoms with Crippen LogP contribution in [0.2, 0.25) is 0 Å². The number of β-amino-alcohol motifs (C(OH)–C–C–N with tert-alkyl or cyclic N) is 1. The summed E-state index contributed by atoms with van der Waals surface area (Å²) in [6.45, 7) is 6.00. The monoisotopic (exact) mass is 464 g/mol. The fourth-order valence-electron chi connectivity index (χ4n) is 5.42. The minimum absolute atomic E-state index is 0.0189. The van der Waals surface area contributed by atoms with Crippen molar-refractivity contribution in [2.45, 2.75) is 31.6 Å². The summed E-state index contributed by atoms with van der Waals surface area (Å²) in [6.07, 6.45) is 1.65. The number of likely N-dealkylation sites (tertiary alicyclic amines) is 1. The molecule has 1 N–H and O–H groups in total. The van der Waals surface area contributed by atoms with Crippen molar-refractivity contribution in [3.05, 3.63) is 59.2 Å². The third kappa shape index (κ3) is 5.06. The second kappa shape index (κ2) is 9.94. The number of nitrogens with zero attached hydrogens (tertiary/aromatic N) is 4. The molecular weight excluding hydrogens is 428 g/mol. The molecule has 3 heterocycles. The Balaban J connectivity index is 1.22. The average molecular weight is 465 g/mol. The van der Waals surface area contributed by atoms with E-state index < -0.39 is 6.10 Å². The summed E-state index contributed by atoms with van der Waals surface area (Å²) >= 11 is 0. The summed E-state index contributed by atoms with van der Waals surface area (Å²) < 4.78 is 6.20. The average Bonchev–Trinajstić information content (AvgIpc) is 3.20. The van der Waals surface area contributed by atoms with Gasteiger partial charge in [-0.05, 0) is 43.1 Å². The van der Waals surface area contributed by atoms with Crippen LogP contribution in [0.15, 0.2) is 42.5 Å². The molecule has 182 valence electrons. The van der Waals surface area contributed by atoms with Gasteiger partial charge < -0.3 is 24.5 Å². The number of likely N-dealkylation sites (N-methyl/N-ethyl adjacent to an activating group) is 2. The molecule has 7 heteroatoms. The number of rotatable bonds is 6. The molecule has 0 saturated carbocycles. The van der Waals surface area contributed by atoms with Gasteiger partial charge in [-0.25, -0.2) is 0 Å². The summed E-state index contributed by atoms with van der Waals surface area (Å²) in [6, 6.07) is 14.3. The minimum Gasteiger partial charge on any atom is -0.489 e. The molecule has 7 nitrogen and oxygen atoms in total. The summed E-state index contributed by atoms with van der Waals surface area (Å²) in [7, 11) is 4.13. The number of aliphatic hydroxyl groups is 1. The maximum Gasteiger partial charge on any atom is 0.256 e. The Morgan fingerprint density at radius 2 is 1.85 bits per heavy atom. The highest BCUT2D eigenvalue weighted by Crippen LogP contribution is 2.30. The third-order valence-corrected chi connectivity index (χ3v) is 7.36. The number of fused-ring (bicyclic) bond motifs is 2. The van der Waals surface area contributed by atoms with E-state index >= 15 is 0 Å². The smallest absolute Gasteiger partial charge is 0.256 e. The van der Waals surface area contributed by atoms with Gasteiger partial charge >= 0.3 is 0 Å². The van der Waals surface area contributed by atoms with E-state index in [-0.39, 0.29) is 12.0 Å². The van der Waals surface area contributed by atoms with Gasteiger partial charge in [-0.15, -0.1) is 0 Å². The first-order valence-electron chi connectivity index (χ1n) is 12.4. The molecule has 2 aromatic rings. The van der Waals surface area contributed by atoms with E-state index in [0.717, 1.165) is 57.0 Å². The first-order valence-corrected chi connectivity index (χ1v) is 12.4. The topological polar surface area (TPSA) is 59.5 Å². The summed E-state index contributed by atoms with van der Waals surface area (Å²) in [5.74, 6) is 0.798. The molecule has 34 heavy (non-hydrogen) atoms. The summed E-state index contributed by atoms with van der Waals surface area (Å²) in [4.78, 5) is 21.9. The van der Waals surface area contributed by atoms with Crippen molar-refractivity contribution in [1.82, 2.24) is 14.7 Å². The normalized spacial score (nSPS) is 22.3. The largest absolute Gasteiger partial charge is 0.489 e. The molecule has 3 aliphatic heterocycles. The second-order valence-electron chi connectivity index (χ2n) is 10.1. The molecule has 0 spiro atoms. The molecule has 0 bridgehead atoms. The first kappa shape index (κ1) is 23.1. The lowest BCUT2D eigenvalue weighted by Crippen LogP contribution is -2.44. The van der Waals surface area contributed by atoms with Crippen LogP contribution in [-0.2, 0) is 13.0 Å². The Morgan fingerprint density at radius 1 is 1.03 bits per heavy atom. The van der Waals surface area contributed by atoms with E-state index in [1.165, 1.54) is 11.1 Å². The minimum atomic E-state index is -0.581. The Morgan fingerprint density at radius 3 is 2.65 bits per heavy atom. The van der Waals surface area contributed by atoms with Gasteiger partial charge in [-0.1, -0.05) is 24.3 Å². The molecule has 2 aromatic carbocycles. The van der Waals surface area contributed by atoms with Crippen molar-refractivity contribution in [1.29, 1.82) is 0 Å². The van der Waals surface area contributed by atoms with Crippen molar-refractivity contribution >= 4 is 11.6 Å². The van der Waals surface area contributed by atoms with E-state index in [4.69, 9.17) is 4.74 Å². The van der Waals surface area contributed by atoms with Crippen molar-refractivity contribution < 1.29 is 14.6 Å². The maximum atomic E-state index is 13.4. The van der Waals surface area contributed by atoms with Gasteiger partial charge in [-0.2, -0.15) is 0 Å². The molecule has 1 fully saturated rings. The van der Waals surface area contributed by atoms with Crippen LogP contribution in [0.4, 0.5) is 5.69 Å². The molecule has 0 aromatic heterocycles. The van der Waals surface area contributed by atoms with E-state index in [9.17, 15) is 9.90 Å². The SMILES string of the molecule is CN1CCC(Oc2ccc3c(c2)N(C)CCN(CC(O)CN2CCc4ccccc4C2)C3=O)C1. The first-order chi connectivity index (χ1) is 16.5. The molecule has 2 unspecified atom stereocenters. The standard InChI is InChI=1S/C27H36N4O3/c1-28-11-10-24(19-28)34-23-7-8-25-26(15-23)29(2)13-14-31(27(25)33)18-22(32)17-30-12-9-20-5-3-4-6-21(20)16-30/h3-8,15,22,24,32H,9-14,16-19H2,1-2H3. The maximum absolute atomic E-state index is 13.4. The van der Waals surface area contributed by atoms with Gasteiger partial charge in [0, 0.05) is 65.5 Å². The van der Waals surface area contributed by atoms with E-state index in [1.54, 1.807) is 4.90 Å². The van der Waals surface area contributed by atoms with Gasteiger partial charge in [0.15, 0.2) is 0 Å². The number of benzene rings is 2. The summed E-state index contributed by atoms with van der Waals surface area (Å²) in [5, 5.41) is 10.9. The number of aliphatic hydroxyl groups excluding tert-OH is 1. The quantitative estimate of drug-likeness (QED) is 0.707. The molecule has 0 aliphatic carbocycles. The van der Waals surface area contributed by atoms with E-state index in [1.807, 2.05) is 25.2 Å². The van der Waals surface area contributed by atoms with Gasteiger partial charge in [0.1, 0.15) is 11.9 Å². The second-order valence-corrected chi connectivity index (χ2v) is 10.1. The molecule has 0 radical (unpaired) electrons. The lowest BCUT2D eigenvalue weighted by molar-refractivity contribution is 0.0521. The van der Waals surface area contributed by atoms with Crippen LogP contribution in [0.1, 0.15) is 27.9 Å². The van der Waals surface area contributed by atoms with Crippen LogP contribution < -0.4 is 9.64 Å². The van der Waals surface area contributed by atoms with Crippen molar-refractivity contribution in [2.24, 2.45) is 0 Å². The van der Waals surface area contributed by atoms with Crippen molar-refractivity contribution in [3.8, 4) is 5.75 Å². The summed E-state index contributed by atoms with van der Waals surface area (Å²) in [5.41, 5.74) is 4.32. The zero-order valence-corrected chi connectivity index (χ0v) is 20.3. The van der Waals surface area contributed by atoms with Gasteiger partial charge in [0.25, 0.3) is 5.91 Å². The molecule has 1 saturated heterocycles. The third-order valence-electron chi connectivity index (χ3n) is 7.36. The van der Waals surface area contributed by atoms with Crippen LogP contribution in [0.5, 0.6) is 5.75 Å². The number of amides is 1. The van der Waals surface area contributed by atoms with Gasteiger partial charge in [0.05, 0.1) is 17.4 Å². The fourth-order valence-corrected chi connectivity index (χ4v) is 5.42. The Bertz CT molecular complexity index is 1030. The predicted molar refractivity (Wildman–Crippen MR) is 134 cm³/mol. The number of ether oxygens (including phenoxy) is 1. The molecular formula is C27H36N4O3. The highest BCUT2D eigenvalue weighted by Gasteiger charge is 2.29. The predicted octanol–water partition coefficient (Wildman–Crippen LogP) is 2.08. The highest BCUT2D eigenvalue weighted by molar-refractivity contribution is 6.00. The van der Waals surface area contributed by atoms with Crippen LogP contribution >= 0.6 is 0 Å². The lowest BCUT2D eigenvalue weighted by Gasteiger charge is -2.32. The zero-order valence-electron chi connectivity index (χ0n) is 20.3. The van der Waals surface area contributed by atoms with E-state index in [0.29, 0.717) is 25.2 Å². The Labute approximate surface area is 202 Å². The van der Waals surface area contributed by atoms with Crippen molar-refractivity contribution in [2.75, 3.05) is 64.8 Å². The van der Waals surface area contributed by atoms with Crippen LogP contribution in [-0.4, -0.2) is 97.8 Å². The molecule has 5 rings (SSSR count). The Hall–Kier alpha value is -2.61. The number of hydrogen-bond donors (Lipinski definition) is 1. The fraction of sp³-hybridized carbons (Fsp3) is 0.519. The van der Waals surface area contributed by atoms with Gasteiger partial charge in [0.2, 0.25) is 0 Å². The van der Waals surface area contributed by atoms with Crippen LogP contribution in [0.25, 0.3) is 0 Å². The zero-order chi connectivity index (χ0) is 23.7. The van der Waals surface area contributed by atoms with E-state index in [2.05, 4.69) is 46.0 Å². The highest BCUT2D eigenvalue weighted by atomic mass is 16.5.